The minimum Gasteiger partial charge on any atom is -0.325 e. The van der Waals surface area contributed by atoms with Gasteiger partial charge in [0.2, 0.25) is 5.91 Å². The van der Waals surface area contributed by atoms with Gasteiger partial charge < -0.3 is 11.1 Å². The molecule has 0 aliphatic heterocycles. The van der Waals surface area contributed by atoms with Gasteiger partial charge in [-0.1, -0.05) is 26.0 Å². The first-order chi connectivity index (χ1) is 9.56. The highest BCUT2D eigenvalue weighted by Crippen LogP contribution is 2.13. The summed E-state index contributed by atoms with van der Waals surface area (Å²) in [6, 6.07) is 9.09. The molecule has 106 valence electrons. The van der Waals surface area contributed by atoms with E-state index in [1.165, 1.54) is 0 Å². The van der Waals surface area contributed by atoms with Gasteiger partial charge in [0, 0.05) is 18.1 Å². The van der Waals surface area contributed by atoms with E-state index in [0.29, 0.717) is 6.54 Å². The molecular weight excluding hydrogens is 252 g/mol. The maximum atomic E-state index is 11.9. The molecule has 5 heteroatoms. The highest BCUT2D eigenvalue weighted by molar-refractivity contribution is 5.94. The van der Waals surface area contributed by atoms with Crippen molar-refractivity contribution < 1.29 is 4.79 Å². The van der Waals surface area contributed by atoms with Gasteiger partial charge >= 0.3 is 0 Å². The second kappa shape index (κ2) is 6.34. The number of benzene rings is 1. The average molecular weight is 272 g/mol. The van der Waals surface area contributed by atoms with Crippen LogP contribution in [-0.2, 0) is 11.3 Å². The highest BCUT2D eigenvalue weighted by atomic mass is 16.2. The van der Waals surface area contributed by atoms with Gasteiger partial charge in [-0.15, -0.1) is 0 Å². The zero-order chi connectivity index (χ0) is 14.5. The monoisotopic (exact) mass is 272 g/mol. The number of hydrogen-bond donors (Lipinski definition) is 2. The number of nitrogens with zero attached hydrogens (tertiary/aromatic N) is 2. The van der Waals surface area contributed by atoms with Crippen LogP contribution in [0.5, 0.6) is 0 Å². The predicted molar refractivity (Wildman–Crippen MR) is 79.2 cm³/mol. The van der Waals surface area contributed by atoms with Crippen molar-refractivity contribution in [3.8, 4) is 0 Å². The molecule has 1 aromatic carbocycles. The van der Waals surface area contributed by atoms with Crippen LogP contribution in [0.2, 0.25) is 0 Å². The van der Waals surface area contributed by atoms with E-state index in [1.54, 1.807) is 6.20 Å². The minimum atomic E-state index is -0.496. The van der Waals surface area contributed by atoms with Crippen molar-refractivity contribution in [2.75, 3.05) is 5.32 Å². The predicted octanol–water partition coefficient (Wildman–Crippen LogP) is 1.85. The van der Waals surface area contributed by atoms with Crippen molar-refractivity contribution in [2.45, 2.75) is 26.4 Å². The van der Waals surface area contributed by atoms with E-state index in [1.807, 2.05) is 55.1 Å². The van der Waals surface area contributed by atoms with Gasteiger partial charge in [-0.25, -0.2) is 0 Å². The smallest absolute Gasteiger partial charge is 0.241 e. The van der Waals surface area contributed by atoms with Crippen LogP contribution < -0.4 is 11.1 Å². The lowest BCUT2D eigenvalue weighted by Gasteiger charge is -2.15. The summed E-state index contributed by atoms with van der Waals surface area (Å²) in [7, 11) is 0. The largest absolute Gasteiger partial charge is 0.325 e. The van der Waals surface area contributed by atoms with Crippen molar-refractivity contribution >= 4 is 11.6 Å². The summed E-state index contributed by atoms with van der Waals surface area (Å²) in [5, 5.41) is 7.01. The van der Waals surface area contributed by atoms with Crippen LogP contribution in [0.1, 0.15) is 19.4 Å². The molecule has 20 heavy (non-hydrogen) atoms. The summed E-state index contributed by atoms with van der Waals surface area (Å²) >= 11 is 0. The van der Waals surface area contributed by atoms with Gasteiger partial charge in [-0.2, -0.15) is 5.10 Å². The first kappa shape index (κ1) is 14.3. The lowest BCUT2D eigenvalue weighted by molar-refractivity contribution is -0.118. The fourth-order valence-electron chi connectivity index (χ4n) is 1.86. The molecular formula is C15H20N4O. The van der Waals surface area contributed by atoms with Crippen LogP contribution in [0.25, 0.3) is 0 Å². The van der Waals surface area contributed by atoms with Crippen LogP contribution in [-0.4, -0.2) is 21.7 Å². The fourth-order valence-corrected chi connectivity index (χ4v) is 1.86. The minimum absolute atomic E-state index is 0.113. The molecule has 1 heterocycles. The fraction of sp³-hybridized carbons (Fsp3) is 0.333. The van der Waals surface area contributed by atoms with E-state index in [9.17, 15) is 4.79 Å². The van der Waals surface area contributed by atoms with Crippen LogP contribution in [0.3, 0.4) is 0 Å². The van der Waals surface area contributed by atoms with Crippen LogP contribution in [0.15, 0.2) is 42.7 Å². The van der Waals surface area contributed by atoms with Crippen molar-refractivity contribution in [3.63, 3.8) is 0 Å². The summed E-state index contributed by atoms with van der Waals surface area (Å²) < 4.78 is 1.83. The van der Waals surface area contributed by atoms with Crippen molar-refractivity contribution in [1.29, 1.82) is 0 Å². The number of hydrogen-bond acceptors (Lipinski definition) is 3. The topological polar surface area (TPSA) is 72.9 Å². The van der Waals surface area contributed by atoms with E-state index in [-0.39, 0.29) is 11.8 Å². The summed E-state index contributed by atoms with van der Waals surface area (Å²) in [6.07, 6.45) is 3.65. The molecule has 1 amide bonds. The third kappa shape index (κ3) is 3.68. The molecule has 0 radical (unpaired) electrons. The lowest BCUT2D eigenvalue weighted by Crippen LogP contribution is -2.39. The van der Waals surface area contributed by atoms with E-state index < -0.39 is 6.04 Å². The first-order valence-corrected chi connectivity index (χ1v) is 6.69. The molecule has 0 saturated heterocycles. The Hall–Kier alpha value is -2.14. The van der Waals surface area contributed by atoms with E-state index in [2.05, 4.69) is 10.4 Å². The number of carbonyl (C=O) groups excluding carboxylic acids is 1. The van der Waals surface area contributed by atoms with E-state index in [0.717, 1.165) is 11.3 Å². The average Bonchev–Trinajstić information content (AvgIpc) is 2.91. The first-order valence-electron chi connectivity index (χ1n) is 6.69. The third-order valence-corrected chi connectivity index (χ3v) is 3.12. The Kier molecular flexibility index (Phi) is 4.53. The number of amides is 1. The van der Waals surface area contributed by atoms with Gasteiger partial charge in [0.15, 0.2) is 0 Å². The standard InChI is InChI=1S/C15H20N4O/c1-11(2)14(16)15(20)18-13-6-3-5-12(9-13)10-19-8-4-7-17-19/h3-9,11,14H,10,16H2,1-2H3,(H,18,20). The molecule has 1 unspecified atom stereocenters. The van der Waals surface area contributed by atoms with E-state index >= 15 is 0 Å². The molecule has 0 aliphatic rings. The molecule has 3 N–H and O–H groups in total. The molecule has 0 bridgehead atoms. The zero-order valence-corrected chi connectivity index (χ0v) is 11.8. The van der Waals surface area contributed by atoms with E-state index in [4.69, 9.17) is 5.73 Å². The zero-order valence-electron chi connectivity index (χ0n) is 11.8. The Morgan fingerprint density at radius 1 is 1.40 bits per heavy atom. The quantitative estimate of drug-likeness (QED) is 0.872. The molecule has 5 nitrogen and oxygen atoms in total. The number of anilines is 1. The second-order valence-electron chi connectivity index (χ2n) is 5.16. The molecule has 0 aliphatic carbocycles. The van der Waals surface area contributed by atoms with Crippen LogP contribution in [0.4, 0.5) is 5.69 Å². The number of aromatic nitrogens is 2. The molecule has 0 saturated carbocycles. The number of rotatable bonds is 5. The summed E-state index contributed by atoms with van der Waals surface area (Å²) in [6.45, 7) is 4.53. The van der Waals surface area contributed by atoms with Gasteiger partial charge in [-0.05, 0) is 29.7 Å². The van der Waals surface area contributed by atoms with Gasteiger partial charge in [-0.3, -0.25) is 9.48 Å². The second-order valence-corrected chi connectivity index (χ2v) is 5.16. The lowest BCUT2D eigenvalue weighted by atomic mass is 10.0. The third-order valence-electron chi connectivity index (χ3n) is 3.12. The Morgan fingerprint density at radius 3 is 2.85 bits per heavy atom. The van der Waals surface area contributed by atoms with Crippen LogP contribution in [0, 0.1) is 5.92 Å². The normalized spacial score (nSPS) is 12.4. The highest BCUT2D eigenvalue weighted by Gasteiger charge is 2.17. The summed E-state index contributed by atoms with van der Waals surface area (Å²) in [5.41, 5.74) is 7.66. The molecule has 1 aromatic heterocycles. The summed E-state index contributed by atoms with van der Waals surface area (Å²) in [5.74, 6) is -0.0431. The summed E-state index contributed by atoms with van der Waals surface area (Å²) in [4.78, 5) is 11.9. The number of nitrogens with one attached hydrogen (secondary N) is 1. The maximum Gasteiger partial charge on any atom is 0.241 e. The molecule has 2 aromatic rings. The number of nitrogens with two attached hydrogens (primary N) is 1. The maximum absolute atomic E-state index is 11.9. The Balaban J connectivity index is 2.04. The van der Waals surface area contributed by atoms with Crippen molar-refractivity contribution in [2.24, 2.45) is 11.7 Å². The SMILES string of the molecule is CC(C)C(N)C(=O)Nc1cccc(Cn2cccn2)c1. The van der Waals surface area contributed by atoms with Gasteiger partial charge in [0.05, 0.1) is 12.6 Å². The number of carbonyl (C=O) groups is 1. The Morgan fingerprint density at radius 2 is 2.20 bits per heavy atom. The molecule has 1 atom stereocenters. The molecule has 2 rings (SSSR count). The molecule has 0 fully saturated rings. The van der Waals surface area contributed by atoms with Crippen molar-refractivity contribution in [3.05, 3.63) is 48.3 Å². The van der Waals surface area contributed by atoms with Gasteiger partial charge in [0.25, 0.3) is 0 Å². The van der Waals surface area contributed by atoms with Crippen LogP contribution >= 0.6 is 0 Å². The Bertz CT molecular complexity index is 563. The Labute approximate surface area is 118 Å². The molecule has 0 spiro atoms. The van der Waals surface area contributed by atoms with Gasteiger partial charge in [0.1, 0.15) is 0 Å². The van der Waals surface area contributed by atoms with Crippen molar-refractivity contribution in [1.82, 2.24) is 9.78 Å².